The van der Waals surface area contributed by atoms with Crippen molar-refractivity contribution in [1.82, 2.24) is 4.98 Å². The third kappa shape index (κ3) is 6.02. The maximum atomic E-state index is 13.1. The summed E-state index contributed by atoms with van der Waals surface area (Å²) < 4.78 is 47.2. The number of halogens is 4. The van der Waals surface area contributed by atoms with E-state index in [4.69, 9.17) is 9.41 Å². The Labute approximate surface area is 228 Å². The van der Waals surface area contributed by atoms with Crippen LogP contribution in [0.3, 0.4) is 0 Å². The molecule has 1 aliphatic carbocycles. The summed E-state index contributed by atoms with van der Waals surface area (Å²) in [6.45, 7) is 19.7. The van der Waals surface area contributed by atoms with E-state index < -0.39 is 26.2 Å². The zero-order chi connectivity index (χ0) is 27.4. The summed E-state index contributed by atoms with van der Waals surface area (Å²) >= 11 is 2.30. The van der Waals surface area contributed by atoms with Gasteiger partial charge in [-0.1, -0.05) is 60.6 Å². The highest BCUT2D eigenvalue weighted by Crippen LogP contribution is 2.50. The van der Waals surface area contributed by atoms with Gasteiger partial charge in [0, 0.05) is 20.4 Å². The molecule has 1 aromatic carbocycles. The second-order valence-electron chi connectivity index (χ2n) is 12.7. The number of nitrogens with zero attached hydrogens (tertiary/aromatic N) is 1. The third-order valence-corrected chi connectivity index (χ3v) is 13.3. The van der Waals surface area contributed by atoms with Gasteiger partial charge in [0.25, 0.3) is 0 Å². The largest absolute Gasteiger partial charge is 0.416 e. The lowest BCUT2D eigenvalue weighted by molar-refractivity contribution is -0.137. The first-order valence-corrected chi connectivity index (χ1v) is 16.5. The molecule has 0 saturated carbocycles. The van der Waals surface area contributed by atoms with E-state index in [2.05, 4.69) is 70.3 Å². The van der Waals surface area contributed by atoms with Crippen LogP contribution in [0, 0.1) is 8.99 Å². The van der Waals surface area contributed by atoms with Crippen molar-refractivity contribution in [2.45, 2.75) is 104 Å². The first kappa shape index (κ1) is 29.6. The third-order valence-electron chi connectivity index (χ3n) is 7.64. The van der Waals surface area contributed by atoms with Crippen molar-refractivity contribution < 1.29 is 22.7 Å². The molecular formula is C28H39F3INO2Si. The molecule has 0 aliphatic heterocycles. The Morgan fingerprint density at radius 3 is 2.14 bits per heavy atom. The van der Waals surface area contributed by atoms with Gasteiger partial charge in [-0.25, -0.2) is 0 Å². The molecule has 1 aliphatic rings. The number of aliphatic hydroxyl groups excluding tert-OH is 1. The first-order valence-electron chi connectivity index (χ1n) is 12.5. The van der Waals surface area contributed by atoms with Crippen molar-refractivity contribution in [2.24, 2.45) is 5.41 Å². The minimum atomic E-state index is -4.42. The van der Waals surface area contributed by atoms with E-state index >= 15 is 0 Å². The monoisotopic (exact) mass is 633 g/mol. The van der Waals surface area contributed by atoms with Gasteiger partial charge in [0.2, 0.25) is 0 Å². The molecule has 1 unspecified atom stereocenters. The highest BCUT2D eigenvalue weighted by atomic mass is 127. The van der Waals surface area contributed by atoms with Gasteiger partial charge in [-0.2, -0.15) is 13.2 Å². The molecule has 3 nitrogen and oxygen atoms in total. The summed E-state index contributed by atoms with van der Waals surface area (Å²) in [6, 6.07) is 4.77. The summed E-state index contributed by atoms with van der Waals surface area (Å²) in [6.07, 6.45) is -4.00. The second-order valence-corrected chi connectivity index (χ2v) is 18.5. The topological polar surface area (TPSA) is 42.4 Å². The lowest BCUT2D eigenvalue weighted by Crippen LogP contribution is -2.44. The molecule has 0 amide bonds. The van der Waals surface area contributed by atoms with Gasteiger partial charge in [0.1, 0.15) is 6.10 Å². The molecule has 3 rings (SSSR count). The van der Waals surface area contributed by atoms with E-state index in [0.29, 0.717) is 11.1 Å². The normalized spacial score (nSPS) is 19.4. The number of alkyl halides is 3. The van der Waals surface area contributed by atoms with E-state index in [1.807, 2.05) is 13.8 Å². The fourth-order valence-corrected chi connectivity index (χ4v) is 7.09. The van der Waals surface area contributed by atoms with E-state index in [-0.39, 0.29) is 22.5 Å². The second kappa shape index (κ2) is 9.97. The van der Waals surface area contributed by atoms with Gasteiger partial charge >= 0.3 is 6.18 Å². The zero-order valence-corrected chi connectivity index (χ0v) is 25.9. The predicted molar refractivity (Wildman–Crippen MR) is 150 cm³/mol. The van der Waals surface area contributed by atoms with Crippen LogP contribution in [0.15, 0.2) is 24.3 Å². The zero-order valence-electron chi connectivity index (χ0n) is 22.8. The minimum absolute atomic E-state index is 0.0118. The van der Waals surface area contributed by atoms with Crippen LogP contribution in [0.4, 0.5) is 13.2 Å². The van der Waals surface area contributed by atoms with Crippen molar-refractivity contribution in [3.8, 4) is 0 Å². The standard InChI is InChI=1S/C28H39F3INO2Si/c1-16(2)24-22(25(34)17-10-12-18(13-11-17)28(29,30)31)23(32)21-19(33-24)14-27(6,7)15-20(21)35-36(8,9)26(3,4)5/h10-13,16,20,25,34H,14-15H2,1-9H3/t20?,25-/m0/s1. The Bertz CT molecular complexity index is 1110. The van der Waals surface area contributed by atoms with Crippen molar-refractivity contribution in [3.05, 3.63) is 61.5 Å². The van der Waals surface area contributed by atoms with Crippen LogP contribution in [0.2, 0.25) is 18.1 Å². The van der Waals surface area contributed by atoms with Crippen LogP contribution in [-0.4, -0.2) is 18.4 Å². The minimum Gasteiger partial charge on any atom is -0.410 e. The van der Waals surface area contributed by atoms with E-state index in [0.717, 1.165) is 45.5 Å². The summed E-state index contributed by atoms with van der Waals surface area (Å²) in [4.78, 5) is 5.11. The Morgan fingerprint density at radius 2 is 1.67 bits per heavy atom. The molecular weight excluding hydrogens is 594 g/mol. The molecule has 200 valence electrons. The summed E-state index contributed by atoms with van der Waals surface area (Å²) in [5.74, 6) is 0.0349. The molecule has 0 bridgehead atoms. The molecule has 2 atom stereocenters. The number of fused-ring (bicyclic) bond motifs is 1. The maximum absolute atomic E-state index is 13.1. The average Bonchev–Trinajstić information content (AvgIpc) is 2.70. The molecule has 0 saturated heterocycles. The van der Waals surface area contributed by atoms with Crippen LogP contribution in [-0.2, 0) is 17.0 Å². The molecule has 1 N–H and O–H groups in total. The number of hydrogen-bond donors (Lipinski definition) is 1. The molecule has 2 aromatic rings. The molecule has 1 aromatic heterocycles. The van der Waals surface area contributed by atoms with E-state index in [1.54, 1.807) is 0 Å². The number of aromatic nitrogens is 1. The van der Waals surface area contributed by atoms with Gasteiger partial charge in [0.15, 0.2) is 8.32 Å². The Morgan fingerprint density at radius 1 is 1.11 bits per heavy atom. The first-order chi connectivity index (χ1) is 16.2. The van der Waals surface area contributed by atoms with Gasteiger partial charge in [0.05, 0.1) is 17.4 Å². The lowest BCUT2D eigenvalue weighted by Gasteiger charge is -2.44. The quantitative estimate of drug-likeness (QED) is 0.264. The summed E-state index contributed by atoms with van der Waals surface area (Å²) in [5.41, 5.74) is 3.20. The molecule has 0 radical (unpaired) electrons. The predicted octanol–water partition coefficient (Wildman–Crippen LogP) is 8.95. The van der Waals surface area contributed by atoms with Gasteiger partial charge < -0.3 is 9.53 Å². The van der Waals surface area contributed by atoms with Gasteiger partial charge in [-0.15, -0.1) is 0 Å². The number of benzene rings is 1. The van der Waals surface area contributed by atoms with Crippen molar-refractivity contribution in [2.75, 3.05) is 0 Å². The number of hydrogen-bond acceptors (Lipinski definition) is 3. The summed E-state index contributed by atoms with van der Waals surface area (Å²) in [5, 5.41) is 11.5. The highest BCUT2D eigenvalue weighted by molar-refractivity contribution is 14.1. The smallest absolute Gasteiger partial charge is 0.410 e. The number of pyridine rings is 1. The summed E-state index contributed by atoms with van der Waals surface area (Å²) in [7, 11) is -2.11. The lowest BCUT2D eigenvalue weighted by atomic mass is 9.74. The van der Waals surface area contributed by atoms with Crippen LogP contribution >= 0.6 is 22.6 Å². The number of aliphatic hydroxyl groups is 1. The van der Waals surface area contributed by atoms with Crippen LogP contribution in [0.1, 0.15) is 107 Å². The average molecular weight is 634 g/mol. The van der Waals surface area contributed by atoms with Gasteiger partial charge in [-0.05, 0) is 82.6 Å². The molecule has 8 heteroatoms. The molecule has 0 spiro atoms. The van der Waals surface area contributed by atoms with Crippen molar-refractivity contribution in [1.29, 1.82) is 0 Å². The fraction of sp³-hybridized carbons (Fsp3) is 0.607. The Balaban J connectivity index is 2.18. The van der Waals surface area contributed by atoms with Gasteiger partial charge in [-0.3, -0.25) is 4.98 Å². The van der Waals surface area contributed by atoms with Crippen LogP contribution < -0.4 is 0 Å². The van der Waals surface area contributed by atoms with E-state index in [1.165, 1.54) is 12.1 Å². The maximum Gasteiger partial charge on any atom is 0.416 e. The SMILES string of the molecule is CC(C)c1nc2c(c(I)c1[C@@H](O)c1ccc(C(F)(F)F)cc1)C(O[Si](C)(C)C(C)(C)C)CC(C)(C)C2. The van der Waals surface area contributed by atoms with Crippen molar-refractivity contribution in [3.63, 3.8) is 0 Å². The van der Waals surface area contributed by atoms with Crippen LogP contribution in [0.5, 0.6) is 0 Å². The number of rotatable bonds is 5. The highest BCUT2D eigenvalue weighted by Gasteiger charge is 2.44. The fourth-order valence-electron chi connectivity index (χ4n) is 4.60. The molecule has 0 fully saturated rings. The van der Waals surface area contributed by atoms with Crippen LogP contribution in [0.25, 0.3) is 0 Å². The molecule has 36 heavy (non-hydrogen) atoms. The van der Waals surface area contributed by atoms with Crippen molar-refractivity contribution >= 4 is 30.9 Å². The Kier molecular flexibility index (Phi) is 8.19. The van der Waals surface area contributed by atoms with E-state index in [9.17, 15) is 18.3 Å². The molecule has 1 heterocycles. The Hall–Kier alpha value is -0.973.